The van der Waals surface area contributed by atoms with Gasteiger partial charge in [-0.2, -0.15) is 0 Å². The average Bonchev–Trinajstić information content (AvgIpc) is 2.98. The lowest BCUT2D eigenvalue weighted by molar-refractivity contribution is 0.0989. The molecule has 0 spiro atoms. The first kappa shape index (κ1) is 15.7. The van der Waals surface area contributed by atoms with E-state index >= 15 is 0 Å². The lowest BCUT2D eigenvalue weighted by atomic mass is 10.2. The van der Waals surface area contributed by atoms with Crippen LogP contribution in [-0.2, 0) is 0 Å². The summed E-state index contributed by atoms with van der Waals surface area (Å²) in [5, 5.41) is 0.330. The highest BCUT2D eigenvalue weighted by atomic mass is 35.5. The number of carbonyl (C=O) groups is 1. The molecular weight excluding hydrogens is 331 g/mol. The van der Waals surface area contributed by atoms with Crippen molar-refractivity contribution in [2.75, 3.05) is 0 Å². The highest BCUT2D eigenvalue weighted by Gasteiger charge is 2.13. The van der Waals surface area contributed by atoms with E-state index < -0.39 is 5.91 Å². The van der Waals surface area contributed by atoms with Crippen molar-refractivity contribution in [1.82, 2.24) is 14.5 Å². The van der Waals surface area contributed by atoms with E-state index in [-0.39, 0.29) is 11.6 Å². The van der Waals surface area contributed by atoms with E-state index in [9.17, 15) is 9.18 Å². The summed E-state index contributed by atoms with van der Waals surface area (Å²) in [5.41, 5.74) is 6.91. The first-order chi connectivity index (χ1) is 11.5. The van der Waals surface area contributed by atoms with Gasteiger partial charge in [-0.05, 0) is 42.3 Å². The molecule has 24 heavy (non-hydrogen) atoms. The van der Waals surface area contributed by atoms with Crippen molar-refractivity contribution in [2.24, 2.45) is 5.73 Å². The predicted octanol–water partition coefficient (Wildman–Crippen LogP) is 2.56. The standard InChI is InChI=1S/C17H10ClFN4O/c18-15-9-11(7-8-21-15)1-4-13-10-23(17(22-13)16(20)24)14-5-2-12(19)3-6-14/h2-3,5-10H,(H2,20,24). The zero-order valence-corrected chi connectivity index (χ0v) is 13.0. The van der Waals surface area contributed by atoms with E-state index in [1.807, 2.05) is 0 Å². The van der Waals surface area contributed by atoms with Gasteiger partial charge in [-0.3, -0.25) is 9.36 Å². The van der Waals surface area contributed by atoms with Gasteiger partial charge in [0.2, 0.25) is 5.82 Å². The molecule has 0 radical (unpaired) electrons. The second kappa shape index (κ2) is 6.52. The molecule has 2 aromatic heterocycles. The number of hydrogen-bond acceptors (Lipinski definition) is 3. The Morgan fingerprint density at radius 2 is 1.96 bits per heavy atom. The number of hydrogen-bond donors (Lipinski definition) is 1. The van der Waals surface area contributed by atoms with E-state index in [1.165, 1.54) is 35.0 Å². The maximum Gasteiger partial charge on any atom is 0.285 e. The Kier molecular flexibility index (Phi) is 4.27. The summed E-state index contributed by atoms with van der Waals surface area (Å²) in [6.07, 6.45) is 3.10. The summed E-state index contributed by atoms with van der Waals surface area (Å²) < 4.78 is 14.5. The molecule has 0 fully saturated rings. The van der Waals surface area contributed by atoms with Crippen molar-refractivity contribution in [3.05, 3.63) is 76.8 Å². The summed E-state index contributed by atoms with van der Waals surface area (Å²) in [7, 11) is 0. The SMILES string of the molecule is NC(=O)c1nc(C#Cc2ccnc(Cl)c2)cn1-c1ccc(F)cc1. The molecule has 3 rings (SSSR count). The van der Waals surface area contributed by atoms with Gasteiger partial charge in [0.05, 0.1) is 0 Å². The zero-order chi connectivity index (χ0) is 17.1. The van der Waals surface area contributed by atoms with E-state index in [2.05, 4.69) is 21.8 Å². The Morgan fingerprint density at radius 1 is 1.21 bits per heavy atom. The molecule has 0 saturated carbocycles. The molecule has 118 valence electrons. The van der Waals surface area contributed by atoms with E-state index in [4.69, 9.17) is 17.3 Å². The van der Waals surface area contributed by atoms with Crippen molar-refractivity contribution >= 4 is 17.5 Å². The van der Waals surface area contributed by atoms with Crippen molar-refractivity contribution in [1.29, 1.82) is 0 Å². The third-order valence-corrected chi connectivity index (χ3v) is 3.30. The molecule has 5 nitrogen and oxygen atoms in total. The van der Waals surface area contributed by atoms with E-state index in [1.54, 1.807) is 18.3 Å². The first-order valence-corrected chi connectivity index (χ1v) is 7.19. The van der Waals surface area contributed by atoms with Crippen LogP contribution in [0.2, 0.25) is 5.15 Å². The van der Waals surface area contributed by atoms with Crippen molar-refractivity contribution < 1.29 is 9.18 Å². The normalized spacial score (nSPS) is 10.1. The maximum atomic E-state index is 13.1. The van der Waals surface area contributed by atoms with Crippen LogP contribution in [0.4, 0.5) is 4.39 Å². The smallest absolute Gasteiger partial charge is 0.285 e. The fourth-order valence-corrected chi connectivity index (χ4v) is 2.20. The van der Waals surface area contributed by atoms with Crippen LogP contribution in [0.3, 0.4) is 0 Å². The van der Waals surface area contributed by atoms with Crippen LogP contribution in [0, 0.1) is 17.7 Å². The number of pyridine rings is 1. The number of rotatable bonds is 2. The second-order valence-corrected chi connectivity index (χ2v) is 5.16. The molecule has 7 heteroatoms. The van der Waals surface area contributed by atoms with Gasteiger partial charge in [-0.25, -0.2) is 14.4 Å². The molecule has 0 aliphatic heterocycles. The van der Waals surface area contributed by atoms with Crippen LogP contribution in [0.15, 0.2) is 48.8 Å². The number of amides is 1. The van der Waals surface area contributed by atoms with Gasteiger partial charge in [0.25, 0.3) is 5.91 Å². The fourth-order valence-electron chi connectivity index (χ4n) is 2.03. The topological polar surface area (TPSA) is 73.8 Å². The Bertz CT molecular complexity index is 970. The summed E-state index contributed by atoms with van der Waals surface area (Å²) in [5.74, 6) is 4.64. The van der Waals surface area contributed by atoms with Gasteiger partial charge in [0.1, 0.15) is 16.7 Å². The number of nitrogens with two attached hydrogens (primary N) is 1. The van der Waals surface area contributed by atoms with E-state index in [0.29, 0.717) is 22.1 Å². The summed E-state index contributed by atoms with van der Waals surface area (Å²) in [4.78, 5) is 19.6. The molecule has 1 aromatic carbocycles. The zero-order valence-electron chi connectivity index (χ0n) is 12.2. The molecule has 0 unspecified atom stereocenters. The molecule has 2 N–H and O–H groups in total. The molecule has 2 heterocycles. The first-order valence-electron chi connectivity index (χ1n) is 6.81. The number of aromatic nitrogens is 3. The number of benzene rings is 1. The van der Waals surface area contributed by atoms with Gasteiger partial charge in [-0.15, -0.1) is 0 Å². The minimum Gasteiger partial charge on any atom is -0.363 e. The third-order valence-electron chi connectivity index (χ3n) is 3.09. The Hall–Kier alpha value is -3.17. The van der Waals surface area contributed by atoms with E-state index in [0.717, 1.165) is 0 Å². The fraction of sp³-hybridized carbons (Fsp3) is 0. The van der Waals surface area contributed by atoms with Crippen LogP contribution >= 0.6 is 11.6 Å². The average molecular weight is 341 g/mol. The van der Waals surface area contributed by atoms with Crippen LogP contribution in [0.5, 0.6) is 0 Å². The predicted molar refractivity (Wildman–Crippen MR) is 87.3 cm³/mol. The lowest BCUT2D eigenvalue weighted by Gasteiger charge is -2.04. The quantitative estimate of drug-likeness (QED) is 0.575. The summed E-state index contributed by atoms with van der Waals surface area (Å²) in [6, 6.07) is 8.91. The molecule has 0 aliphatic carbocycles. The highest BCUT2D eigenvalue weighted by Crippen LogP contribution is 2.14. The summed E-state index contributed by atoms with van der Waals surface area (Å²) in [6.45, 7) is 0. The van der Waals surface area contributed by atoms with Crippen molar-refractivity contribution in [3.8, 4) is 17.5 Å². The van der Waals surface area contributed by atoms with Gasteiger partial charge >= 0.3 is 0 Å². The Balaban J connectivity index is 2.01. The maximum absolute atomic E-state index is 13.1. The number of imidazole rings is 1. The second-order valence-electron chi connectivity index (χ2n) is 4.78. The van der Waals surface area contributed by atoms with Crippen LogP contribution in [0.1, 0.15) is 21.9 Å². The number of primary amides is 1. The molecule has 0 aliphatic rings. The molecule has 1 amide bonds. The number of nitrogens with zero attached hydrogens (tertiary/aromatic N) is 3. The van der Waals surface area contributed by atoms with Gasteiger partial charge in [0, 0.05) is 23.6 Å². The number of halogens is 2. The monoisotopic (exact) mass is 340 g/mol. The van der Waals surface area contributed by atoms with Crippen molar-refractivity contribution in [2.45, 2.75) is 0 Å². The van der Waals surface area contributed by atoms with Crippen LogP contribution in [-0.4, -0.2) is 20.4 Å². The molecule has 0 saturated heterocycles. The number of carbonyl (C=O) groups excluding carboxylic acids is 1. The largest absolute Gasteiger partial charge is 0.363 e. The van der Waals surface area contributed by atoms with Gasteiger partial charge in [-0.1, -0.05) is 17.5 Å². The Labute approximate surface area is 141 Å². The minimum atomic E-state index is -0.709. The van der Waals surface area contributed by atoms with Crippen LogP contribution < -0.4 is 5.73 Å². The molecule has 0 atom stereocenters. The third kappa shape index (κ3) is 3.42. The Morgan fingerprint density at radius 3 is 2.62 bits per heavy atom. The molecular formula is C17H10ClFN4O. The minimum absolute atomic E-state index is 0.0127. The van der Waals surface area contributed by atoms with Gasteiger partial charge < -0.3 is 5.73 Å². The molecule has 0 bridgehead atoms. The van der Waals surface area contributed by atoms with Gasteiger partial charge in [0.15, 0.2) is 0 Å². The lowest BCUT2D eigenvalue weighted by Crippen LogP contribution is -2.17. The highest BCUT2D eigenvalue weighted by molar-refractivity contribution is 6.29. The van der Waals surface area contributed by atoms with Crippen molar-refractivity contribution in [3.63, 3.8) is 0 Å². The summed E-state index contributed by atoms with van der Waals surface area (Å²) >= 11 is 5.80. The molecule has 3 aromatic rings. The van der Waals surface area contributed by atoms with Crippen LogP contribution in [0.25, 0.3) is 5.69 Å².